The van der Waals surface area contributed by atoms with Crippen molar-refractivity contribution >= 4 is 21.7 Å². The van der Waals surface area contributed by atoms with E-state index in [9.17, 15) is 23.3 Å². The molecule has 0 aliphatic carbocycles. The number of esters is 1. The van der Waals surface area contributed by atoms with E-state index in [4.69, 9.17) is 4.74 Å². The minimum absolute atomic E-state index is 0.0563. The maximum Gasteiger partial charge on any atom is 0.324 e. The van der Waals surface area contributed by atoms with E-state index in [2.05, 4.69) is 9.46 Å². The summed E-state index contributed by atoms with van der Waals surface area (Å²) in [7, 11) is -2.83. The molecule has 1 aliphatic rings. The summed E-state index contributed by atoms with van der Waals surface area (Å²) in [6, 6.07) is 2.24. The maximum absolute atomic E-state index is 12.1. The van der Waals surface area contributed by atoms with Gasteiger partial charge in [-0.25, -0.2) is 8.42 Å². The van der Waals surface area contributed by atoms with Crippen LogP contribution in [-0.4, -0.2) is 39.1 Å². The molecule has 0 saturated carbocycles. The summed E-state index contributed by atoms with van der Waals surface area (Å²) in [6.45, 7) is 0.134. The quantitative estimate of drug-likeness (QED) is 0.467. The molecular formula is C11H12N2O7S. The Bertz CT molecular complexity index is 686. The zero-order chi connectivity index (χ0) is 15.6. The zero-order valence-corrected chi connectivity index (χ0v) is 11.8. The molecule has 1 saturated heterocycles. The van der Waals surface area contributed by atoms with Crippen LogP contribution in [0.25, 0.3) is 0 Å². The first-order valence-corrected chi connectivity index (χ1v) is 7.35. The Morgan fingerprint density at radius 2 is 2.19 bits per heavy atom. The summed E-state index contributed by atoms with van der Waals surface area (Å²) in [5.74, 6) is -0.721. The number of benzene rings is 1. The fourth-order valence-corrected chi connectivity index (χ4v) is 3.08. The molecule has 1 heterocycles. The monoisotopic (exact) mass is 316 g/mol. The van der Waals surface area contributed by atoms with Gasteiger partial charge in [0, 0.05) is 12.5 Å². The zero-order valence-electron chi connectivity index (χ0n) is 10.9. The van der Waals surface area contributed by atoms with Gasteiger partial charge in [-0.05, 0) is 12.1 Å². The number of hydrogen-bond donors (Lipinski definition) is 1. The number of cyclic esters (lactones) is 1. The first kappa shape index (κ1) is 15.2. The van der Waals surface area contributed by atoms with Crippen LogP contribution in [0.1, 0.15) is 6.42 Å². The van der Waals surface area contributed by atoms with E-state index in [1.165, 1.54) is 13.2 Å². The van der Waals surface area contributed by atoms with Crippen molar-refractivity contribution in [3.63, 3.8) is 0 Å². The van der Waals surface area contributed by atoms with Crippen molar-refractivity contribution in [2.45, 2.75) is 17.4 Å². The third-order valence-corrected chi connectivity index (χ3v) is 4.36. The number of rotatable bonds is 5. The standard InChI is InChI=1S/C11H12N2O7S/c1-19-10-3-2-7(6-9(10)13(15)16)21(17,18)12-8-4-5-20-11(8)14/h2-3,6,8,12H,4-5H2,1H3/t8-/m0/s1. The van der Waals surface area contributed by atoms with Crippen LogP contribution in [0, 0.1) is 10.1 Å². The van der Waals surface area contributed by atoms with Crippen LogP contribution in [-0.2, 0) is 19.6 Å². The first-order valence-electron chi connectivity index (χ1n) is 5.86. The van der Waals surface area contributed by atoms with Gasteiger partial charge in [0.25, 0.3) is 0 Å². The van der Waals surface area contributed by atoms with Crippen LogP contribution in [0.5, 0.6) is 5.75 Å². The second-order valence-electron chi connectivity index (χ2n) is 4.22. The molecular weight excluding hydrogens is 304 g/mol. The third-order valence-electron chi connectivity index (χ3n) is 2.89. The Morgan fingerprint density at radius 1 is 1.48 bits per heavy atom. The highest BCUT2D eigenvalue weighted by Crippen LogP contribution is 2.29. The molecule has 0 aromatic heterocycles. The highest BCUT2D eigenvalue weighted by atomic mass is 32.2. The second kappa shape index (κ2) is 5.66. The van der Waals surface area contributed by atoms with Crippen molar-refractivity contribution in [1.29, 1.82) is 0 Å². The molecule has 9 nitrogen and oxygen atoms in total. The van der Waals surface area contributed by atoms with Crippen LogP contribution in [0.4, 0.5) is 5.69 Å². The summed E-state index contributed by atoms with van der Waals surface area (Å²) in [5, 5.41) is 10.9. The van der Waals surface area contributed by atoms with Crippen molar-refractivity contribution in [1.82, 2.24) is 4.72 Å². The first-order chi connectivity index (χ1) is 9.85. The minimum Gasteiger partial charge on any atom is -0.490 e. The third kappa shape index (κ3) is 3.11. The van der Waals surface area contributed by atoms with Gasteiger partial charge in [-0.15, -0.1) is 0 Å². The maximum atomic E-state index is 12.1. The van der Waals surface area contributed by atoms with Crippen molar-refractivity contribution < 1.29 is 27.6 Å². The van der Waals surface area contributed by atoms with E-state index < -0.39 is 32.6 Å². The van der Waals surface area contributed by atoms with E-state index in [-0.39, 0.29) is 23.7 Å². The Labute approximate surface area is 120 Å². The van der Waals surface area contributed by atoms with Gasteiger partial charge in [0.05, 0.1) is 23.5 Å². The van der Waals surface area contributed by atoms with Crippen LogP contribution < -0.4 is 9.46 Å². The fourth-order valence-electron chi connectivity index (χ4n) is 1.84. The van der Waals surface area contributed by atoms with E-state index in [0.717, 1.165) is 12.1 Å². The average molecular weight is 316 g/mol. The summed E-state index contributed by atoms with van der Waals surface area (Å²) in [4.78, 5) is 21.1. The molecule has 2 rings (SSSR count). The van der Waals surface area contributed by atoms with E-state index >= 15 is 0 Å². The fraction of sp³-hybridized carbons (Fsp3) is 0.364. The number of carbonyl (C=O) groups excluding carboxylic acids is 1. The Kier molecular flexibility index (Phi) is 4.09. The summed E-state index contributed by atoms with van der Waals surface area (Å²) in [5.41, 5.74) is -0.477. The van der Waals surface area contributed by atoms with E-state index in [0.29, 0.717) is 0 Å². The summed E-state index contributed by atoms with van der Waals surface area (Å²) >= 11 is 0. The molecule has 0 spiro atoms. The number of nitrogens with one attached hydrogen (secondary N) is 1. The lowest BCUT2D eigenvalue weighted by atomic mass is 10.3. The van der Waals surface area contributed by atoms with Crippen molar-refractivity contribution in [3.05, 3.63) is 28.3 Å². The molecule has 21 heavy (non-hydrogen) atoms. The van der Waals surface area contributed by atoms with Crippen LogP contribution in [0.2, 0.25) is 0 Å². The van der Waals surface area contributed by atoms with Crippen molar-refractivity contribution in [3.8, 4) is 5.75 Å². The lowest BCUT2D eigenvalue weighted by Crippen LogP contribution is -2.37. The van der Waals surface area contributed by atoms with Gasteiger partial charge in [0.1, 0.15) is 6.04 Å². The van der Waals surface area contributed by atoms with Gasteiger partial charge in [0.15, 0.2) is 5.75 Å². The number of methoxy groups -OCH3 is 1. The van der Waals surface area contributed by atoms with Crippen molar-refractivity contribution in [2.75, 3.05) is 13.7 Å². The highest BCUT2D eigenvalue weighted by molar-refractivity contribution is 7.89. The molecule has 1 atom stereocenters. The summed E-state index contributed by atoms with van der Waals surface area (Å²) in [6.07, 6.45) is 0.219. The van der Waals surface area contributed by atoms with Crippen LogP contribution in [0.3, 0.4) is 0 Å². The van der Waals surface area contributed by atoms with E-state index in [1.54, 1.807) is 0 Å². The smallest absolute Gasteiger partial charge is 0.324 e. The lowest BCUT2D eigenvalue weighted by molar-refractivity contribution is -0.386. The predicted molar refractivity (Wildman–Crippen MR) is 69.3 cm³/mol. The molecule has 1 aromatic carbocycles. The van der Waals surface area contributed by atoms with Crippen molar-refractivity contribution in [2.24, 2.45) is 0 Å². The SMILES string of the molecule is COc1ccc(S(=O)(=O)N[C@H]2CCOC2=O)cc1[N+](=O)[O-]. The van der Waals surface area contributed by atoms with Crippen LogP contribution in [0.15, 0.2) is 23.1 Å². The number of sulfonamides is 1. The van der Waals surface area contributed by atoms with Gasteiger partial charge in [-0.3, -0.25) is 14.9 Å². The number of nitro groups is 1. The molecule has 0 radical (unpaired) electrons. The second-order valence-corrected chi connectivity index (χ2v) is 5.93. The molecule has 1 aliphatic heterocycles. The Hall–Kier alpha value is -2.20. The summed E-state index contributed by atoms with van der Waals surface area (Å²) < 4.78 is 35.9. The Morgan fingerprint density at radius 3 is 2.71 bits per heavy atom. The molecule has 1 aromatic rings. The number of nitro benzene ring substituents is 1. The highest BCUT2D eigenvalue weighted by Gasteiger charge is 2.32. The molecule has 114 valence electrons. The number of ether oxygens (including phenoxy) is 2. The largest absolute Gasteiger partial charge is 0.490 e. The van der Waals surface area contributed by atoms with Gasteiger partial charge in [-0.2, -0.15) is 4.72 Å². The molecule has 1 N–H and O–H groups in total. The molecule has 10 heteroatoms. The van der Waals surface area contributed by atoms with Gasteiger partial charge < -0.3 is 9.47 Å². The lowest BCUT2D eigenvalue weighted by Gasteiger charge is -2.10. The molecule has 0 unspecified atom stereocenters. The predicted octanol–water partition coefficient (Wildman–Crippen LogP) is 0.197. The number of carbonyl (C=O) groups is 1. The topological polar surface area (TPSA) is 125 Å². The Balaban J connectivity index is 2.34. The number of nitrogens with zero attached hydrogens (tertiary/aromatic N) is 1. The van der Waals surface area contributed by atoms with E-state index in [1.807, 2.05) is 0 Å². The molecule has 0 amide bonds. The van der Waals surface area contributed by atoms with Gasteiger partial charge >= 0.3 is 11.7 Å². The minimum atomic E-state index is -4.07. The molecule has 0 bridgehead atoms. The van der Waals surface area contributed by atoms with Gasteiger partial charge in [0.2, 0.25) is 10.0 Å². The van der Waals surface area contributed by atoms with Gasteiger partial charge in [-0.1, -0.05) is 0 Å². The van der Waals surface area contributed by atoms with Crippen LogP contribution >= 0.6 is 0 Å². The molecule has 1 fully saturated rings. The average Bonchev–Trinajstić information content (AvgIpc) is 2.82. The number of hydrogen-bond acceptors (Lipinski definition) is 7. The normalized spacial score (nSPS) is 18.3.